The minimum Gasteiger partial charge on any atom is -0.508 e. The van der Waals surface area contributed by atoms with Crippen molar-refractivity contribution in [1.29, 1.82) is 0 Å². The van der Waals surface area contributed by atoms with E-state index in [1.54, 1.807) is 18.3 Å². The normalized spacial score (nSPS) is 13.2. The molecule has 0 bridgehead atoms. The number of hydrogen-bond acceptors (Lipinski definition) is 2. The molecule has 0 amide bonds. The molecule has 5 rings (SSSR count). The molecule has 0 saturated heterocycles. The van der Waals surface area contributed by atoms with Crippen LogP contribution in [-0.4, -0.2) is 14.7 Å². The van der Waals surface area contributed by atoms with Gasteiger partial charge in [0.1, 0.15) is 5.75 Å². The first-order chi connectivity index (χ1) is 13.6. The maximum atomic E-state index is 12.6. The van der Waals surface area contributed by atoms with E-state index in [2.05, 4.69) is 28.6 Å². The number of pyridine rings is 1. The molecular formula is C24H22N2O2. The molecule has 28 heavy (non-hydrogen) atoms. The number of aryl methyl sites for hydroxylation is 2. The van der Waals surface area contributed by atoms with E-state index in [1.165, 1.54) is 17.5 Å². The summed E-state index contributed by atoms with van der Waals surface area (Å²) in [7, 11) is 0. The van der Waals surface area contributed by atoms with Crippen LogP contribution < -0.4 is 5.56 Å². The highest BCUT2D eigenvalue weighted by Gasteiger charge is 2.21. The SMILES string of the molecule is Cc1c(-c2ccc[nH]c2=O)c2cc3c(cc2n1Cc1cccc(O)c1)CCC3. The van der Waals surface area contributed by atoms with Gasteiger partial charge in [0.15, 0.2) is 0 Å². The Kier molecular flexibility index (Phi) is 3.86. The van der Waals surface area contributed by atoms with Gasteiger partial charge in [-0.3, -0.25) is 4.79 Å². The maximum absolute atomic E-state index is 12.6. The summed E-state index contributed by atoms with van der Waals surface area (Å²) in [6, 6.07) is 15.7. The second-order valence-corrected chi connectivity index (χ2v) is 7.62. The summed E-state index contributed by atoms with van der Waals surface area (Å²) in [5, 5.41) is 11.0. The number of hydrogen-bond donors (Lipinski definition) is 2. The van der Waals surface area contributed by atoms with Crippen molar-refractivity contribution >= 4 is 10.9 Å². The van der Waals surface area contributed by atoms with Crippen LogP contribution >= 0.6 is 0 Å². The highest BCUT2D eigenvalue weighted by Crippen LogP contribution is 2.37. The average molecular weight is 370 g/mol. The molecule has 2 aromatic carbocycles. The van der Waals surface area contributed by atoms with Crippen LogP contribution in [0.4, 0.5) is 0 Å². The average Bonchev–Trinajstić information content (AvgIpc) is 3.24. The molecule has 0 radical (unpaired) electrons. The van der Waals surface area contributed by atoms with Crippen LogP contribution in [0.3, 0.4) is 0 Å². The second kappa shape index (κ2) is 6.41. The van der Waals surface area contributed by atoms with Crippen molar-refractivity contribution in [3.05, 3.63) is 87.5 Å². The molecule has 0 fully saturated rings. The van der Waals surface area contributed by atoms with Crippen LogP contribution in [0.2, 0.25) is 0 Å². The lowest BCUT2D eigenvalue weighted by molar-refractivity contribution is 0.474. The van der Waals surface area contributed by atoms with Gasteiger partial charge in [0.05, 0.1) is 0 Å². The van der Waals surface area contributed by atoms with Crippen molar-refractivity contribution in [2.75, 3.05) is 0 Å². The quantitative estimate of drug-likeness (QED) is 0.556. The molecule has 0 aliphatic heterocycles. The Bertz CT molecular complexity index is 1260. The summed E-state index contributed by atoms with van der Waals surface area (Å²) >= 11 is 0. The number of fused-ring (bicyclic) bond motifs is 2. The number of nitrogens with one attached hydrogen (secondary N) is 1. The van der Waals surface area contributed by atoms with Gasteiger partial charge in [0, 0.05) is 40.5 Å². The molecule has 2 heterocycles. The van der Waals surface area contributed by atoms with Gasteiger partial charge >= 0.3 is 0 Å². The minimum absolute atomic E-state index is 0.0671. The molecule has 0 saturated carbocycles. The van der Waals surface area contributed by atoms with Crippen LogP contribution in [0.5, 0.6) is 5.75 Å². The zero-order chi connectivity index (χ0) is 19.3. The van der Waals surface area contributed by atoms with E-state index in [9.17, 15) is 9.90 Å². The summed E-state index contributed by atoms with van der Waals surface area (Å²) in [5.41, 5.74) is 7.71. The van der Waals surface area contributed by atoms with Crippen LogP contribution in [-0.2, 0) is 19.4 Å². The third-order valence-corrected chi connectivity index (χ3v) is 5.88. The Balaban J connectivity index is 1.79. The van der Waals surface area contributed by atoms with Gasteiger partial charge in [0.2, 0.25) is 0 Å². The number of benzene rings is 2. The zero-order valence-electron chi connectivity index (χ0n) is 15.8. The molecule has 0 unspecified atom stereocenters. The molecule has 140 valence electrons. The van der Waals surface area contributed by atoms with E-state index in [-0.39, 0.29) is 11.3 Å². The number of aromatic amines is 1. The van der Waals surface area contributed by atoms with Crippen LogP contribution in [0.1, 0.15) is 28.8 Å². The summed E-state index contributed by atoms with van der Waals surface area (Å²) in [5.74, 6) is 0.271. The van der Waals surface area contributed by atoms with Gasteiger partial charge in [-0.15, -0.1) is 0 Å². The van der Waals surface area contributed by atoms with Crippen LogP contribution in [0, 0.1) is 6.92 Å². The van der Waals surface area contributed by atoms with Crippen molar-refractivity contribution in [2.24, 2.45) is 0 Å². The molecule has 2 N–H and O–H groups in total. The monoisotopic (exact) mass is 370 g/mol. The number of rotatable bonds is 3. The van der Waals surface area contributed by atoms with Crippen molar-refractivity contribution in [3.63, 3.8) is 0 Å². The van der Waals surface area contributed by atoms with Gasteiger partial charge < -0.3 is 14.7 Å². The van der Waals surface area contributed by atoms with Gasteiger partial charge in [-0.1, -0.05) is 12.1 Å². The highest BCUT2D eigenvalue weighted by molar-refractivity contribution is 5.99. The van der Waals surface area contributed by atoms with Crippen molar-refractivity contribution in [1.82, 2.24) is 9.55 Å². The molecule has 0 atom stereocenters. The van der Waals surface area contributed by atoms with E-state index >= 15 is 0 Å². The summed E-state index contributed by atoms with van der Waals surface area (Å²) in [6.45, 7) is 2.73. The molecule has 1 aliphatic rings. The number of aromatic hydroxyl groups is 1. The fraction of sp³-hybridized carbons (Fsp3) is 0.208. The van der Waals surface area contributed by atoms with Crippen molar-refractivity contribution in [3.8, 4) is 16.9 Å². The third kappa shape index (κ3) is 2.64. The topological polar surface area (TPSA) is 58.0 Å². The fourth-order valence-corrected chi connectivity index (χ4v) is 4.54. The molecular weight excluding hydrogens is 348 g/mol. The number of phenols is 1. The molecule has 2 aromatic heterocycles. The van der Waals surface area contributed by atoms with Crippen LogP contribution in [0.25, 0.3) is 22.0 Å². The van der Waals surface area contributed by atoms with E-state index < -0.39 is 0 Å². The van der Waals surface area contributed by atoms with Gasteiger partial charge in [0.25, 0.3) is 5.56 Å². The minimum atomic E-state index is -0.0671. The van der Waals surface area contributed by atoms with Crippen molar-refractivity contribution < 1.29 is 5.11 Å². The lowest BCUT2D eigenvalue weighted by Gasteiger charge is -2.10. The maximum Gasteiger partial charge on any atom is 0.255 e. The predicted molar refractivity (Wildman–Crippen MR) is 112 cm³/mol. The van der Waals surface area contributed by atoms with Crippen LogP contribution in [0.15, 0.2) is 59.5 Å². The number of phenolic OH excluding ortho intramolecular Hbond substituents is 1. The zero-order valence-corrected chi connectivity index (χ0v) is 15.8. The first-order valence-electron chi connectivity index (χ1n) is 9.72. The van der Waals surface area contributed by atoms with Gasteiger partial charge in [-0.25, -0.2) is 0 Å². The first-order valence-corrected chi connectivity index (χ1v) is 9.72. The molecule has 4 nitrogen and oxygen atoms in total. The molecule has 4 aromatic rings. The Morgan fingerprint density at radius 1 is 1.07 bits per heavy atom. The van der Waals surface area contributed by atoms with E-state index in [4.69, 9.17) is 0 Å². The Labute approximate surface area is 163 Å². The van der Waals surface area contributed by atoms with Gasteiger partial charge in [-0.05, 0) is 79.3 Å². The standard InChI is InChI=1S/C24H22N2O2/c1-15-23(20-9-4-10-25-24(20)28)21-12-17-6-3-7-18(17)13-22(21)26(15)14-16-5-2-8-19(27)11-16/h2,4-5,8-13,27H,3,6-7,14H2,1H3,(H,25,28). The number of H-pyrrole nitrogens is 1. The lowest BCUT2D eigenvalue weighted by atomic mass is 10.0. The smallest absolute Gasteiger partial charge is 0.255 e. The summed E-state index contributed by atoms with van der Waals surface area (Å²) in [6.07, 6.45) is 5.08. The second-order valence-electron chi connectivity index (χ2n) is 7.62. The Morgan fingerprint density at radius 2 is 1.89 bits per heavy atom. The summed E-state index contributed by atoms with van der Waals surface area (Å²) in [4.78, 5) is 15.4. The molecule has 4 heteroatoms. The molecule has 0 spiro atoms. The number of nitrogens with zero attached hydrogens (tertiary/aromatic N) is 1. The third-order valence-electron chi connectivity index (χ3n) is 5.88. The summed E-state index contributed by atoms with van der Waals surface area (Å²) < 4.78 is 2.27. The van der Waals surface area contributed by atoms with Gasteiger partial charge in [-0.2, -0.15) is 0 Å². The largest absolute Gasteiger partial charge is 0.508 e. The lowest BCUT2D eigenvalue weighted by Crippen LogP contribution is -2.08. The Hall–Kier alpha value is -3.27. The highest BCUT2D eigenvalue weighted by atomic mass is 16.3. The first kappa shape index (κ1) is 16.9. The molecule has 1 aliphatic carbocycles. The van der Waals surface area contributed by atoms with Crippen molar-refractivity contribution in [2.45, 2.75) is 32.7 Å². The van der Waals surface area contributed by atoms with E-state index in [1.807, 2.05) is 24.3 Å². The predicted octanol–water partition coefficient (Wildman–Crippen LogP) is 4.55. The fourth-order valence-electron chi connectivity index (χ4n) is 4.54. The van der Waals surface area contributed by atoms with E-state index in [0.717, 1.165) is 40.6 Å². The number of aromatic nitrogens is 2. The Morgan fingerprint density at radius 3 is 2.68 bits per heavy atom. The van der Waals surface area contributed by atoms with E-state index in [0.29, 0.717) is 12.1 Å².